The fraction of sp³-hybridized carbons (Fsp3) is 0.231. The van der Waals surface area contributed by atoms with Crippen molar-refractivity contribution in [2.24, 2.45) is 0 Å². The van der Waals surface area contributed by atoms with Crippen LogP contribution in [0.1, 0.15) is 26.6 Å². The second-order valence-electron chi connectivity index (χ2n) is 6.27. The van der Waals surface area contributed by atoms with E-state index in [1.807, 2.05) is 76.4 Å². The van der Waals surface area contributed by atoms with E-state index in [9.17, 15) is 0 Å². The van der Waals surface area contributed by atoms with Crippen molar-refractivity contribution in [2.75, 3.05) is 26.6 Å². The molecule has 3 aromatic rings. The van der Waals surface area contributed by atoms with Crippen LogP contribution in [-0.4, -0.2) is 31.2 Å². The summed E-state index contributed by atoms with van der Waals surface area (Å²) in [7, 11) is 5.13. The van der Waals surface area contributed by atoms with Crippen LogP contribution in [0, 0.1) is 0 Å². The monoisotopic (exact) mass is 417 g/mol. The van der Waals surface area contributed by atoms with Crippen molar-refractivity contribution in [1.29, 1.82) is 0 Å². The predicted molar refractivity (Wildman–Crippen MR) is 132 cm³/mol. The van der Waals surface area contributed by atoms with Crippen LogP contribution in [0.25, 0.3) is 27.6 Å². The van der Waals surface area contributed by atoms with Crippen LogP contribution >= 0.6 is 0 Å². The summed E-state index contributed by atoms with van der Waals surface area (Å²) in [5, 5.41) is 4.11. The Morgan fingerprint density at radius 3 is 2.45 bits per heavy atom. The Balaban J connectivity index is 0.00000166. The molecule has 1 N–H and O–H groups in total. The van der Waals surface area contributed by atoms with Crippen molar-refractivity contribution in [2.45, 2.75) is 20.8 Å². The molecule has 0 atom stereocenters. The highest BCUT2D eigenvalue weighted by Gasteiger charge is 2.14. The summed E-state index contributed by atoms with van der Waals surface area (Å²) in [4.78, 5) is 9.44. The van der Waals surface area contributed by atoms with Gasteiger partial charge in [0.2, 0.25) is 0 Å². The number of anilines is 1. The van der Waals surface area contributed by atoms with Crippen LogP contribution in [0.4, 0.5) is 5.82 Å². The van der Waals surface area contributed by atoms with Gasteiger partial charge in [0.1, 0.15) is 5.82 Å². The number of ether oxygens (including phenoxy) is 2. The molecule has 0 aliphatic rings. The summed E-state index contributed by atoms with van der Waals surface area (Å²) in [6, 6.07) is 11.9. The lowest BCUT2D eigenvalue weighted by Gasteiger charge is -2.14. The number of rotatable bonds is 7. The first kappa shape index (κ1) is 23.7. The number of nitrogens with one attached hydrogen (secondary N) is 1. The van der Waals surface area contributed by atoms with Crippen molar-refractivity contribution in [1.82, 2.24) is 9.97 Å². The van der Waals surface area contributed by atoms with Gasteiger partial charge in [0.15, 0.2) is 17.3 Å². The fourth-order valence-electron chi connectivity index (χ4n) is 3.16. The zero-order valence-electron chi connectivity index (χ0n) is 19.2. The molecule has 2 aromatic carbocycles. The molecular formula is C26H31N3O2. The highest BCUT2D eigenvalue weighted by Crippen LogP contribution is 2.39. The van der Waals surface area contributed by atoms with Crippen molar-refractivity contribution in [3.63, 3.8) is 0 Å². The summed E-state index contributed by atoms with van der Waals surface area (Å²) in [6.45, 7) is 9.85. The minimum atomic E-state index is 0.627. The van der Waals surface area contributed by atoms with Gasteiger partial charge in [0.05, 0.1) is 19.7 Å². The van der Waals surface area contributed by atoms with Crippen molar-refractivity contribution in [3.8, 4) is 22.6 Å². The van der Waals surface area contributed by atoms with Crippen LogP contribution in [0.15, 0.2) is 67.3 Å². The largest absolute Gasteiger partial charge is 0.493 e. The second-order valence-corrected chi connectivity index (χ2v) is 6.27. The molecular weight excluding hydrogens is 386 g/mol. The van der Waals surface area contributed by atoms with Gasteiger partial charge in [-0.05, 0) is 30.7 Å². The Kier molecular flexibility index (Phi) is 8.82. The Morgan fingerprint density at radius 2 is 1.84 bits per heavy atom. The molecule has 162 valence electrons. The van der Waals surface area contributed by atoms with E-state index in [1.165, 1.54) is 0 Å². The molecule has 0 unspecified atom stereocenters. The van der Waals surface area contributed by atoms with E-state index in [-0.39, 0.29) is 0 Å². The van der Waals surface area contributed by atoms with Gasteiger partial charge in [-0.25, -0.2) is 9.97 Å². The molecule has 5 heteroatoms. The topological polar surface area (TPSA) is 56.3 Å². The third-order valence-corrected chi connectivity index (χ3v) is 4.59. The van der Waals surface area contributed by atoms with Gasteiger partial charge in [-0.2, -0.15) is 0 Å². The summed E-state index contributed by atoms with van der Waals surface area (Å²) in [5.41, 5.74) is 3.65. The molecule has 0 aliphatic carbocycles. The summed E-state index contributed by atoms with van der Waals surface area (Å²) in [6.07, 6.45) is 7.61. The number of fused-ring (bicyclic) bond motifs is 1. The van der Waals surface area contributed by atoms with E-state index >= 15 is 0 Å². The summed E-state index contributed by atoms with van der Waals surface area (Å²) >= 11 is 0. The quantitative estimate of drug-likeness (QED) is 0.443. The standard InChI is InChI=1S/C24H25N3O2.C2H6/c1-6-8-10-16(7-2)23-26-20-14-13-17(15-19(20)24(25-3)27-23)18-11-9-12-21(28-4)22(18)29-5;1-2/h6-15H,2H2,1,3-5H3,(H,25,26,27);1-2H3/b8-6-,16-10+;. The maximum atomic E-state index is 5.60. The van der Waals surface area contributed by atoms with Gasteiger partial charge in [-0.3, -0.25) is 0 Å². The average Bonchev–Trinajstić information content (AvgIpc) is 2.84. The van der Waals surface area contributed by atoms with E-state index in [0.717, 1.165) is 33.4 Å². The number of hydrogen-bond acceptors (Lipinski definition) is 5. The molecule has 0 fully saturated rings. The molecule has 0 amide bonds. The SMILES string of the molecule is C=C/C(=C\C=C/C)c1nc(NC)c2cc(-c3cccc(OC)c3OC)ccc2n1.CC. The second kappa shape index (κ2) is 11.6. The number of allylic oxidation sites excluding steroid dienone is 5. The lowest BCUT2D eigenvalue weighted by atomic mass is 10.0. The maximum Gasteiger partial charge on any atom is 0.168 e. The van der Waals surface area contributed by atoms with E-state index in [0.29, 0.717) is 17.3 Å². The maximum absolute atomic E-state index is 5.60. The highest BCUT2D eigenvalue weighted by molar-refractivity contribution is 5.94. The highest BCUT2D eigenvalue weighted by atomic mass is 16.5. The molecule has 3 rings (SSSR count). The van der Waals surface area contributed by atoms with E-state index in [4.69, 9.17) is 19.4 Å². The number of nitrogens with zero attached hydrogens (tertiary/aromatic N) is 2. The van der Waals surface area contributed by atoms with Gasteiger partial charge >= 0.3 is 0 Å². The molecule has 1 aromatic heterocycles. The first-order valence-electron chi connectivity index (χ1n) is 10.3. The molecule has 1 heterocycles. The van der Waals surface area contributed by atoms with Gasteiger partial charge in [0.25, 0.3) is 0 Å². The Hall–Kier alpha value is -3.60. The molecule has 0 saturated heterocycles. The lowest BCUT2D eigenvalue weighted by molar-refractivity contribution is 0.356. The lowest BCUT2D eigenvalue weighted by Crippen LogP contribution is -2.01. The van der Waals surface area contributed by atoms with Gasteiger partial charge in [0, 0.05) is 23.6 Å². The van der Waals surface area contributed by atoms with Crippen LogP contribution in [-0.2, 0) is 0 Å². The molecule has 0 bridgehead atoms. The summed E-state index contributed by atoms with van der Waals surface area (Å²) < 4.78 is 11.0. The summed E-state index contributed by atoms with van der Waals surface area (Å²) in [5.74, 6) is 2.76. The zero-order chi connectivity index (χ0) is 22.8. The van der Waals surface area contributed by atoms with Crippen molar-refractivity contribution >= 4 is 22.3 Å². The fourth-order valence-corrected chi connectivity index (χ4v) is 3.16. The van der Waals surface area contributed by atoms with Crippen LogP contribution < -0.4 is 14.8 Å². The smallest absolute Gasteiger partial charge is 0.168 e. The third kappa shape index (κ3) is 5.12. The van der Waals surface area contributed by atoms with E-state index in [1.54, 1.807) is 20.3 Å². The molecule has 0 aliphatic heterocycles. The first-order chi connectivity index (χ1) is 15.2. The van der Waals surface area contributed by atoms with Crippen molar-refractivity contribution in [3.05, 3.63) is 73.1 Å². The number of aromatic nitrogens is 2. The minimum Gasteiger partial charge on any atom is -0.493 e. The molecule has 5 nitrogen and oxygen atoms in total. The number of hydrogen-bond donors (Lipinski definition) is 1. The Labute approximate surface area is 185 Å². The number of para-hydroxylation sites is 1. The van der Waals surface area contributed by atoms with Crippen LogP contribution in [0.2, 0.25) is 0 Å². The molecule has 31 heavy (non-hydrogen) atoms. The number of benzene rings is 2. The van der Waals surface area contributed by atoms with Crippen LogP contribution in [0.5, 0.6) is 11.5 Å². The average molecular weight is 418 g/mol. The van der Waals surface area contributed by atoms with Crippen LogP contribution in [0.3, 0.4) is 0 Å². The predicted octanol–water partition coefficient (Wildman–Crippen LogP) is 6.53. The Morgan fingerprint density at radius 1 is 1.06 bits per heavy atom. The van der Waals surface area contributed by atoms with E-state index in [2.05, 4.69) is 18.0 Å². The van der Waals surface area contributed by atoms with Crippen molar-refractivity contribution < 1.29 is 9.47 Å². The van der Waals surface area contributed by atoms with E-state index < -0.39 is 0 Å². The van der Waals surface area contributed by atoms with Gasteiger partial charge in [-0.15, -0.1) is 0 Å². The molecule has 0 saturated carbocycles. The first-order valence-corrected chi connectivity index (χ1v) is 10.3. The third-order valence-electron chi connectivity index (χ3n) is 4.59. The van der Waals surface area contributed by atoms with Gasteiger partial charge < -0.3 is 14.8 Å². The normalized spacial score (nSPS) is 11.1. The number of methoxy groups -OCH3 is 2. The Bertz CT molecular complexity index is 1100. The molecule has 0 spiro atoms. The zero-order valence-corrected chi connectivity index (χ0v) is 19.2. The minimum absolute atomic E-state index is 0.627. The molecule has 0 radical (unpaired) electrons. The van der Waals surface area contributed by atoms with Gasteiger partial charge in [-0.1, -0.05) is 62.9 Å².